The number of hydrogen-bond donors (Lipinski definition) is 2. The Bertz CT molecular complexity index is 297. The lowest BCUT2D eigenvalue weighted by Gasteiger charge is -2.31. The van der Waals surface area contributed by atoms with Crippen LogP contribution in [-0.4, -0.2) is 25.5 Å². The normalized spacial score (nSPS) is 35.3. The van der Waals surface area contributed by atoms with Crippen molar-refractivity contribution < 1.29 is 4.79 Å². The first-order valence-corrected chi connectivity index (χ1v) is 8.17. The number of nitrogens with one attached hydrogen (secondary N) is 2. The van der Waals surface area contributed by atoms with E-state index in [2.05, 4.69) is 24.5 Å². The van der Waals surface area contributed by atoms with Gasteiger partial charge in [0, 0.05) is 13.1 Å². The van der Waals surface area contributed by atoms with Gasteiger partial charge in [-0.15, -0.1) is 0 Å². The van der Waals surface area contributed by atoms with E-state index in [9.17, 15) is 4.79 Å². The Labute approximate surface area is 117 Å². The van der Waals surface area contributed by atoms with Crippen molar-refractivity contribution in [1.29, 1.82) is 0 Å². The van der Waals surface area contributed by atoms with Crippen LogP contribution in [0.1, 0.15) is 58.8 Å². The molecule has 3 nitrogen and oxygen atoms in total. The summed E-state index contributed by atoms with van der Waals surface area (Å²) >= 11 is 0. The maximum atomic E-state index is 12.6. The average Bonchev–Trinajstić information content (AvgIpc) is 2.88. The van der Waals surface area contributed by atoms with Crippen LogP contribution in [-0.2, 0) is 4.79 Å². The third-order valence-corrected chi connectivity index (χ3v) is 5.27. The molecule has 2 aliphatic rings. The van der Waals surface area contributed by atoms with Crippen LogP contribution < -0.4 is 10.6 Å². The van der Waals surface area contributed by atoms with E-state index in [-0.39, 0.29) is 5.41 Å². The van der Waals surface area contributed by atoms with Crippen LogP contribution in [0.15, 0.2) is 0 Å². The summed E-state index contributed by atoms with van der Waals surface area (Å²) in [5, 5.41) is 6.64. The number of carbonyl (C=O) groups is 1. The van der Waals surface area contributed by atoms with Crippen LogP contribution in [0.4, 0.5) is 0 Å². The van der Waals surface area contributed by atoms with Gasteiger partial charge in [-0.1, -0.05) is 39.5 Å². The van der Waals surface area contributed by atoms with Crippen molar-refractivity contribution in [3.05, 3.63) is 0 Å². The Morgan fingerprint density at radius 3 is 2.79 bits per heavy atom. The maximum Gasteiger partial charge on any atom is 0.227 e. The summed E-state index contributed by atoms with van der Waals surface area (Å²) < 4.78 is 0. The predicted octanol–water partition coefficient (Wildman–Crippen LogP) is 2.71. The van der Waals surface area contributed by atoms with Crippen molar-refractivity contribution in [3.63, 3.8) is 0 Å². The molecule has 1 aliphatic heterocycles. The van der Waals surface area contributed by atoms with Crippen molar-refractivity contribution in [1.82, 2.24) is 10.6 Å². The molecule has 2 rings (SSSR count). The van der Waals surface area contributed by atoms with Crippen molar-refractivity contribution in [2.24, 2.45) is 17.3 Å². The van der Waals surface area contributed by atoms with E-state index < -0.39 is 0 Å². The molecule has 2 N–H and O–H groups in total. The molecule has 1 saturated carbocycles. The van der Waals surface area contributed by atoms with Crippen LogP contribution in [0.5, 0.6) is 0 Å². The Balaban J connectivity index is 1.85. The van der Waals surface area contributed by atoms with Gasteiger partial charge in [0.2, 0.25) is 5.91 Å². The SMILES string of the molecule is CCCC1(C(=O)NCC2CCCCC2C)CCNC1. The van der Waals surface area contributed by atoms with Crippen molar-refractivity contribution in [2.45, 2.75) is 58.8 Å². The van der Waals surface area contributed by atoms with E-state index >= 15 is 0 Å². The minimum atomic E-state index is -0.118. The van der Waals surface area contributed by atoms with Crippen LogP contribution in [0.25, 0.3) is 0 Å². The number of rotatable bonds is 5. The second-order valence-corrected chi connectivity index (χ2v) is 6.69. The quantitative estimate of drug-likeness (QED) is 0.803. The van der Waals surface area contributed by atoms with Gasteiger partial charge in [-0.3, -0.25) is 4.79 Å². The molecule has 1 heterocycles. The number of carbonyl (C=O) groups excluding carboxylic acids is 1. The fraction of sp³-hybridized carbons (Fsp3) is 0.938. The van der Waals surface area contributed by atoms with E-state index in [1.54, 1.807) is 0 Å². The molecule has 1 saturated heterocycles. The largest absolute Gasteiger partial charge is 0.355 e. The van der Waals surface area contributed by atoms with Gasteiger partial charge in [0.25, 0.3) is 0 Å². The fourth-order valence-corrected chi connectivity index (χ4v) is 3.85. The lowest BCUT2D eigenvalue weighted by atomic mass is 9.79. The minimum absolute atomic E-state index is 0.118. The third kappa shape index (κ3) is 3.50. The Kier molecular flexibility index (Phi) is 5.26. The van der Waals surface area contributed by atoms with Gasteiger partial charge >= 0.3 is 0 Å². The van der Waals surface area contributed by atoms with Gasteiger partial charge in [0.15, 0.2) is 0 Å². The van der Waals surface area contributed by atoms with Gasteiger partial charge in [-0.05, 0) is 37.6 Å². The molecule has 0 aromatic rings. The second-order valence-electron chi connectivity index (χ2n) is 6.69. The van der Waals surface area contributed by atoms with Gasteiger partial charge in [-0.25, -0.2) is 0 Å². The highest BCUT2D eigenvalue weighted by Crippen LogP contribution is 2.32. The fourth-order valence-electron chi connectivity index (χ4n) is 3.85. The van der Waals surface area contributed by atoms with Crippen LogP contribution in [0.2, 0.25) is 0 Å². The first kappa shape index (κ1) is 14.8. The standard InChI is InChI=1S/C16H30N2O/c1-3-8-16(9-10-17-12-16)15(19)18-11-14-7-5-4-6-13(14)2/h13-14,17H,3-12H2,1-2H3,(H,18,19). The Morgan fingerprint density at radius 2 is 2.16 bits per heavy atom. The van der Waals surface area contributed by atoms with Crippen LogP contribution >= 0.6 is 0 Å². The molecule has 0 aromatic heterocycles. The van der Waals surface area contributed by atoms with Crippen molar-refractivity contribution in [2.75, 3.05) is 19.6 Å². The summed E-state index contributed by atoms with van der Waals surface area (Å²) in [4.78, 5) is 12.6. The highest BCUT2D eigenvalue weighted by atomic mass is 16.2. The van der Waals surface area contributed by atoms with Crippen LogP contribution in [0, 0.1) is 17.3 Å². The Morgan fingerprint density at radius 1 is 1.37 bits per heavy atom. The van der Waals surface area contributed by atoms with E-state index in [0.29, 0.717) is 11.8 Å². The third-order valence-electron chi connectivity index (χ3n) is 5.27. The predicted molar refractivity (Wildman–Crippen MR) is 79.0 cm³/mol. The molecule has 110 valence electrons. The smallest absolute Gasteiger partial charge is 0.227 e. The van der Waals surface area contributed by atoms with Gasteiger partial charge < -0.3 is 10.6 Å². The number of amides is 1. The molecule has 3 atom stereocenters. The molecular formula is C16H30N2O. The second kappa shape index (κ2) is 6.74. The molecule has 3 heteroatoms. The van der Waals surface area contributed by atoms with Gasteiger partial charge in [-0.2, -0.15) is 0 Å². The van der Waals surface area contributed by atoms with Crippen LogP contribution in [0.3, 0.4) is 0 Å². The Hall–Kier alpha value is -0.570. The zero-order valence-electron chi connectivity index (χ0n) is 12.6. The zero-order chi connectivity index (χ0) is 13.7. The van der Waals surface area contributed by atoms with Gasteiger partial charge in [0.1, 0.15) is 0 Å². The van der Waals surface area contributed by atoms with E-state index in [1.807, 2.05) is 0 Å². The van der Waals surface area contributed by atoms with E-state index in [1.165, 1.54) is 25.7 Å². The van der Waals surface area contributed by atoms with E-state index in [0.717, 1.165) is 44.8 Å². The topological polar surface area (TPSA) is 41.1 Å². The summed E-state index contributed by atoms with van der Waals surface area (Å²) in [6.45, 7) is 7.27. The summed E-state index contributed by atoms with van der Waals surface area (Å²) in [6.07, 6.45) is 8.46. The molecule has 2 fully saturated rings. The van der Waals surface area contributed by atoms with Crippen molar-refractivity contribution in [3.8, 4) is 0 Å². The maximum absolute atomic E-state index is 12.6. The monoisotopic (exact) mass is 266 g/mol. The minimum Gasteiger partial charge on any atom is -0.355 e. The number of hydrogen-bond acceptors (Lipinski definition) is 2. The highest BCUT2D eigenvalue weighted by molar-refractivity contribution is 5.83. The van der Waals surface area contributed by atoms with Crippen molar-refractivity contribution >= 4 is 5.91 Å². The lowest BCUT2D eigenvalue weighted by molar-refractivity contribution is -0.130. The molecule has 0 spiro atoms. The summed E-state index contributed by atoms with van der Waals surface area (Å²) in [6, 6.07) is 0. The molecule has 0 aromatic carbocycles. The van der Waals surface area contributed by atoms with Gasteiger partial charge in [0.05, 0.1) is 5.41 Å². The molecule has 0 bridgehead atoms. The molecular weight excluding hydrogens is 236 g/mol. The zero-order valence-corrected chi connectivity index (χ0v) is 12.6. The summed E-state index contributed by atoms with van der Waals surface area (Å²) in [5.74, 6) is 1.78. The first-order chi connectivity index (χ1) is 9.18. The molecule has 1 amide bonds. The molecule has 3 unspecified atom stereocenters. The first-order valence-electron chi connectivity index (χ1n) is 8.17. The summed E-state index contributed by atoms with van der Waals surface area (Å²) in [5.41, 5.74) is -0.118. The summed E-state index contributed by atoms with van der Waals surface area (Å²) in [7, 11) is 0. The van der Waals surface area contributed by atoms with E-state index in [4.69, 9.17) is 0 Å². The average molecular weight is 266 g/mol. The highest BCUT2D eigenvalue weighted by Gasteiger charge is 2.40. The lowest BCUT2D eigenvalue weighted by Crippen LogP contribution is -2.45. The molecule has 19 heavy (non-hydrogen) atoms. The molecule has 0 radical (unpaired) electrons. The molecule has 1 aliphatic carbocycles.